The van der Waals surface area contributed by atoms with Gasteiger partial charge in [-0.2, -0.15) is 0 Å². The Morgan fingerprint density at radius 3 is 2.77 bits per heavy atom. The predicted molar refractivity (Wildman–Crippen MR) is 119 cm³/mol. The standard InChI is InChI=1S/C23H22N4O3S/c1-3-27-19(28)13-25(2)22(30)20-16-8-9-26(12-18(16)31-23(20)27)21(29)17-11-24-10-14-6-4-5-7-15(14)17/h4-7,10-11H,3,8-9,12-13H2,1-2H3. The van der Waals surface area contributed by atoms with E-state index in [-0.39, 0.29) is 24.3 Å². The molecule has 0 saturated heterocycles. The molecule has 8 heteroatoms. The van der Waals surface area contributed by atoms with Crippen LogP contribution in [0.3, 0.4) is 0 Å². The summed E-state index contributed by atoms with van der Waals surface area (Å²) < 4.78 is 0. The number of fused-ring (bicyclic) bond motifs is 4. The SMILES string of the molecule is CCN1C(=O)CN(C)C(=O)c2c1sc1c2CCN(C(=O)c2cncc3ccccc23)C1. The van der Waals surface area contributed by atoms with Gasteiger partial charge in [0.05, 0.1) is 17.7 Å². The summed E-state index contributed by atoms with van der Waals surface area (Å²) in [6.45, 7) is 3.46. The fraction of sp³-hybridized carbons (Fsp3) is 0.304. The Bertz CT molecular complexity index is 1230. The molecule has 7 nitrogen and oxygen atoms in total. The number of carbonyl (C=O) groups is 3. The van der Waals surface area contributed by atoms with E-state index in [9.17, 15) is 14.4 Å². The summed E-state index contributed by atoms with van der Waals surface area (Å²) in [5.41, 5.74) is 2.19. The minimum absolute atomic E-state index is 0.0644. The third-order valence-corrected chi connectivity index (χ3v) is 7.26. The molecular weight excluding hydrogens is 412 g/mol. The van der Waals surface area contributed by atoms with Gasteiger partial charge in [-0.25, -0.2) is 0 Å². The van der Waals surface area contributed by atoms with E-state index in [4.69, 9.17) is 0 Å². The van der Waals surface area contributed by atoms with Crippen molar-refractivity contribution in [2.45, 2.75) is 19.9 Å². The normalized spacial score (nSPS) is 16.4. The highest BCUT2D eigenvalue weighted by atomic mass is 32.1. The summed E-state index contributed by atoms with van der Waals surface area (Å²) >= 11 is 1.46. The van der Waals surface area contributed by atoms with Crippen LogP contribution in [0.1, 0.15) is 38.1 Å². The number of hydrogen-bond donors (Lipinski definition) is 0. The molecule has 0 atom stereocenters. The van der Waals surface area contributed by atoms with E-state index in [2.05, 4.69) is 4.98 Å². The number of likely N-dealkylation sites (N-methyl/N-ethyl adjacent to an activating group) is 2. The van der Waals surface area contributed by atoms with Crippen molar-refractivity contribution in [3.8, 4) is 0 Å². The topological polar surface area (TPSA) is 73.8 Å². The number of amides is 3. The zero-order valence-corrected chi connectivity index (χ0v) is 18.2. The Morgan fingerprint density at radius 1 is 1.16 bits per heavy atom. The fourth-order valence-corrected chi connectivity index (χ4v) is 5.85. The van der Waals surface area contributed by atoms with Crippen molar-refractivity contribution in [3.05, 3.63) is 58.2 Å². The summed E-state index contributed by atoms with van der Waals surface area (Å²) in [6, 6.07) is 7.73. The first-order chi connectivity index (χ1) is 15.0. The largest absolute Gasteiger partial charge is 0.333 e. The second-order valence-corrected chi connectivity index (χ2v) is 8.95. The van der Waals surface area contributed by atoms with Crippen LogP contribution < -0.4 is 4.90 Å². The average Bonchev–Trinajstić information content (AvgIpc) is 3.12. The number of nitrogens with zero attached hydrogens (tertiary/aromatic N) is 4. The molecule has 0 N–H and O–H groups in total. The van der Waals surface area contributed by atoms with Gasteiger partial charge in [-0.1, -0.05) is 24.3 Å². The quantitative estimate of drug-likeness (QED) is 0.622. The molecule has 3 amide bonds. The fourth-order valence-electron chi connectivity index (χ4n) is 4.41. The maximum atomic E-state index is 13.4. The molecule has 0 saturated carbocycles. The van der Waals surface area contributed by atoms with E-state index in [1.54, 1.807) is 24.3 Å². The van der Waals surface area contributed by atoms with Gasteiger partial charge in [0.1, 0.15) is 11.5 Å². The third-order valence-electron chi connectivity index (χ3n) is 6.02. The van der Waals surface area contributed by atoms with Crippen LogP contribution in [0.2, 0.25) is 0 Å². The highest BCUT2D eigenvalue weighted by Crippen LogP contribution is 2.41. The molecule has 0 aliphatic carbocycles. The molecule has 0 bridgehead atoms. The van der Waals surface area contributed by atoms with Crippen LogP contribution in [0.15, 0.2) is 36.7 Å². The smallest absolute Gasteiger partial charge is 0.257 e. The van der Waals surface area contributed by atoms with Crippen molar-refractivity contribution in [3.63, 3.8) is 0 Å². The highest BCUT2D eigenvalue weighted by molar-refractivity contribution is 7.17. The number of hydrogen-bond acceptors (Lipinski definition) is 5. The third kappa shape index (κ3) is 3.09. The van der Waals surface area contributed by atoms with Gasteiger partial charge in [0.25, 0.3) is 11.8 Å². The lowest BCUT2D eigenvalue weighted by molar-refractivity contribution is -0.118. The number of rotatable bonds is 2. The van der Waals surface area contributed by atoms with Crippen molar-refractivity contribution in [2.75, 3.05) is 31.6 Å². The lowest BCUT2D eigenvalue weighted by Crippen LogP contribution is -2.38. The summed E-state index contributed by atoms with van der Waals surface area (Å²) in [4.78, 5) is 49.2. The zero-order valence-electron chi connectivity index (χ0n) is 17.4. The van der Waals surface area contributed by atoms with Crippen LogP contribution in [0.25, 0.3) is 10.8 Å². The van der Waals surface area contributed by atoms with E-state index < -0.39 is 0 Å². The molecular formula is C23H22N4O3S. The minimum Gasteiger partial charge on any atom is -0.333 e. The van der Waals surface area contributed by atoms with E-state index >= 15 is 0 Å². The second-order valence-electron chi connectivity index (χ2n) is 7.87. The van der Waals surface area contributed by atoms with Gasteiger partial charge in [0.2, 0.25) is 5.91 Å². The van der Waals surface area contributed by atoms with E-state index in [0.29, 0.717) is 42.2 Å². The predicted octanol–water partition coefficient (Wildman–Crippen LogP) is 2.93. The molecule has 0 fully saturated rings. The highest BCUT2D eigenvalue weighted by Gasteiger charge is 2.37. The number of anilines is 1. The van der Waals surface area contributed by atoms with Crippen LogP contribution in [-0.2, 0) is 17.8 Å². The number of carbonyl (C=O) groups excluding carboxylic acids is 3. The van der Waals surface area contributed by atoms with Crippen LogP contribution >= 0.6 is 11.3 Å². The van der Waals surface area contributed by atoms with Crippen molar-refractivity contribution >= 4 is 44.8 Å². The van der Waals surface area contributed by atoms with Crippen molar-refractivity contribution < 1.29 is 14.4 Å². The minimum atomic E-state index is -0.116. The molecule has 1 aromatic carbocycles. The molecule has 0 radical (unpaired) electrons. The van der Waals surface area contributed by atoms with Crippen molar-refractivity contribution in [2.24, 2.45) is 0 Å². The first-order valence-corrected chi connectivity index (χ1v) is 11.1. The molecule has 2 aromatic heterocycles. The summed E-state index contributed by atoms with van der Waals surface area (Å²) in [6.07, 6.45) is 3.98. The van der Waals surface area contributed by atoms with Gasteiger partial charge in [-0.15, -0.1) is 11.3 Å². The molecule has 158 valence electrons. The molecule has 2 aliphatic rings. The Balaban J connectivity index is 1.52. The summed E-state index contributed by atoms with van der Waals surface area (Å²) in [7, 11) is 1.67. The molecule has 5 rings (SSSR count). The van der Waals surface area contributed by atoms with E-state index in [1.165, 1.54) is 16.2 Å². The van der Waals surface area contributed by atoms with Gasteiger partial charge in [0, 0.05) is 42.8 Å². The maximum absolute atomic E-state index is 13.4. The number of pyridine rings is 1. The molecule has 2 aliphatic heterocycles. The molecule has 0 spiro atoms. The van der Waals surface area contributed by atoms with Crippen LogP contribution in [0, 0.1) is 0 Å². The molecule has 3 aromatic rings. The number of thiophene rings is 1. The van der Waals surface area contributed by atoms with Gasteiger partial charge >= 0.3 is 0 Å². The summed E-state index contributed by atoms with van der Waals surface area (Å²) in [5, 5.41) is 2.53. The zero-order chi connectivity index (χ0) is 21.7. The lowest BCUT2D eigenvalue weighted by atomic mass is 10.0. The van der Waals surface area contributed by atoms with Crippen molar-refractivity contribution in [1.29, 1.82) is 0 Å². The Kier molecular flexibility index (Phi) is 4.74. The monoisotopic (exact) mass is 434 g/mol. The Morgan fingerprint density at radius 2 is 1.97 bits per heavy atom. The van der Waals surface area contributed by atoms with Gasteiger partial charge in [-0.05, 0) is 24.3 Å². The van der Waals surface area contributed by atoms with Crippen molar-refractivity contribution in [1.82, 2.24) is 14.8 Å². The maximum Gasteiger partial charge on any atom is 0.257 e. The van der Waals surface area contributed by atoms with Crippen LogP contribution in [0.4, 0.5) is 5.00 Å². The number of benzene rings is 1. The van der Waals surface area contributed by atoms with Gasteiger partial charge in [-0.3, -0.25) is 19.4 Å². The molecule has 31 heavy (non-hydrogen) atoms. The first kappa shape index (κ1) is 19.7. The lowest BCUT2D eigenvalue weighted by Gasteiger charge is -2.28. The first-order valence-electron chi connectivity index (χ1n) is 10.3. The van der Waals surface area contributed by atoms with Gasteiger partial charge in [0.15, 0.2) is 0 Å². The molecule has 4 heterocycles. The average molecular weight is 435 g/mol. The van der Waals surface area contributed by atoms with Crippen LogP contribution in [0.5, 0.6) is 0 Å². The van der Waals surface area contributed by atoms with E-state index in [1.807, 2.05) is 36.1 Å². The van der Waals surface area contributed by atoms with Crippen LogP contribution in [-0.4, -0.2) is 59.2 Å². The van der Waals surface area contributed by atoms with Gasteiger partial charge < -0.3 is 14.7 Å². The molecule has 0 unspecified atom stereocenters. The Hall–Kier alpha value is -3.26. The second kappa shape index (κ2) is 7.46. The summed E-state index contributed by atoms with van der Waals surface area (Å²) in [5.74, 6) is -0.259. The Labute approximate surface area is 183 Å². The number of aromatic nitrogens is 1. The van der Waals surface area contributed by atoms with E-state index in [0.717, 1.165) is 21.2 Å².